The number of hydrogen-bond donors (Lipinski definition) is 1. The molecule has 0 aromatic carbocycles. The van der Waals surface area contributed by atoms with Gasteiger partial charge in [-0.05, 0) is 12.1 Å². The van der Waals surface area contributed by atoms with Crippen LogP contribution in [0, 0.1) is 0 Å². The molecule has 2 aromatic heterocycles. The van der Waals surface area contributed by atoms with E-state index >= 15 is 0 Å². The second kappa shape index (κ2) is 2.97. The number of carbonyl (C=O) groups is 1. The monoisotopic (exact) mass is 213 g/mol. The maximum absolute atomic E-state index is 13.1. The van der Waals surface area contributed by atoms with Gasteiger partial charge in [-0.3, -0.25) is 4.40 Å². The van der Waals surface area contributed by atoms with Crippen molar-refractivity contribution in [1.29, 1.82) is 0 Å². The third kappa shape index (κ3) is 1.41. The largest absolute Gasteiger partial charge is 0.477 e. The number of halogens is 2. The molecular weight excluding hydrogens is 208 g/mol. The van der Waals surface area contributed by atoms with Crippen LogP contribution in [0.5, 0.6) is 0 Å². The first kappa shape index (κ1) is 9.50. The zero-order valence-corrected chi connectivity index (χ0v) is 7.26. The van der Waals surface area contributed by atoms with Crippen LogP contribution in [-0.2, 0) is 10.7 Å². The quantitative estimate of drug-likeness (QED) is 0.804. The highest BCUT2D eigenvalue weighted by molar-refractivity contribution is 5.77. The van der Waals surface area contributed by atoms with Gasteiger partial charge in [-0.25, -0.2) is 4.79 Å². The fraction of sp³-hybridized carbons (Fsp3) is 0.125. The van der Waals surface area contributed by atoms with Crippen LogP contribution in [0.2, 0.25) is 0 Å². The summed E-state index contributed by atoms with van der Waals surface area (Å²) in [5, 5.41) is 15.4. The van der Waals surface area contributed by atoms with Crippen molar-refractivity contribution < 1.29 is 18.7 Å². The molecule has 0 saturated carbocycles. The topological polar surface area (TPSA) is 67.5 Å². The molecule has 0 radical (unpaired) electrons. The summed E-state index contributed by atoms with van der Waals surface area (Å²) in [6, 6.07) is 2.29. The Hall–Kier alpha value is -2.05. The highest BCUT2D eigenvalue weighted by Crippen LogP contribution is 2.27. The number of carboxylic acids is 1. The number of aromatic nitrogens is 3. The number of pyridine rings is 1. The van der Waals surface area contributed by atoms with Crippen LogP contribution < -0.4 is 0 Å². The van der Waals surface area contributed by atoms with Crippen molar-refractivity contribution in [2.45, 2.75) is 5.92 Å². The average molecular weight is 213 g/mol. The summed E-state index contributed by atoms with van der Waals surface area (Å²) in [5.41, 5.74) is -0.234. The molecule has 0 aliphatic rings. The van der Waals surface area contributed by atoms with E-state index in [2.05, 4.69) is 10.2 Å². The zero-order chi connectivity index (χ0) is 11.1. The van der Waals surface area contributed by atoms with Gasteiger partial charge in [0.05, 0.1) is 0 Å². The van der Waals surface area contributed by atoms with Gasteiger partial charge in [-0.15, -0.1) is 10.2 Å². The molecule has 15 heavy (non-hydrogen) atoms. The Bertz CT molecular complexity index is 523. The molecule has 2 aromatic rings. The molecular formula is C8H5F2N3O2. The number of hydrogen-bond acceptors (Lipinski definition) is 3. The van der Waals surface area contributed by atoms with Crippen LogP contribution in [0.15, 0.2) is 24.7 Å². The van der Waals surface area contributed by atoms with Gasteiger partial charge in [0.25, 0.3) is 0 Å². The van der Waals surface area contributed by atoms with Crippen molar-refractivity contribution in [3.63, 3.8) is 0 Å². The van der Waals surface area contributed by atoms with Crippen LogP contribution >= 0.6 is 0 Å². The van der Waals surface area contributed by atoms with Gasteiger partial charge in [0, 0.05) is 11.8 Å². The number of rotatable bonds is 2. The van der Waals surface area contributed by atoms with E-state index in [-0.39, 0.29) is 0 Å². The first-order chi connectivity index (χ1) is 7.01. The van der Waals surface area contributed by atoms with E-state index < -0.39 is 17.5 Å². The predicted molar refractivity (Wildman–Crippen MR) is 44.5 cm³/mol. The Kier molecular flexibility index (Phi) is 1.88. The van der Waals surface area contributed by atoms with E-state index in [9.17, 15) is 13.6 Å². The van der Waals surface area contributed by atoms with E-state index in [1.807, 2.05) is 0 Å². The Morgan fingerprint density at radius 2 is 2.20 bits per heavy atom. The van der Waals surface area contributed by atoms with Gasteiger partial charge >= 0.3 is 11.9 Å². The predicted octanol–water partition coefficient (Wildman–Crippen LogP) is 0.906. The molecule has 0 bridgehead atoms. The highest BCUT2D eigenvalue weighted by Gasteiger charge is 2.41. The molecule has 0 spiro atoms. The molecule has 78 valence electrons. The summed E-state index contributed by atoms with van der Waals surface area (Å²) in [4.78, 5) is 10.3. The van der Waals surface area contributed by atoms with Crippen molar-refractivity contribution in [2.24, 2.45) is 0 Å². The summed E-state index contributed by atoms with van der Waals surface area (Å²) in [6.45, 7) is 0. The average Bonchev–Trinajstić information content (AvgIpc) is 2.63. The van der Waals surface area contributed by atoms with Gasteiger partial charge in [0.15, 0.2) is 5.65 Å². The van der Waals surface area contributed by atoms with Crippen LogP contribution in [0.3, 0.4) is 0 Å². The molecule has 0 atom stereocenters. The van der Waals surface area contributed by atoms with Crippen molar-refractivity contribution in [3.8, 4) is 0 Å². The van der Waals surface area contributed by atoms with Crippen molar-refractivity contribution in [2.75, 3.05) is 0 Å². The highest BCUT2D eigenvalue weighted by atomic mass is 19.3. The summed E-state index contributed by atoms with van der Waals surface area (Å²) >= 11 is 0. The minimum atomic E-state index is -3.90. The summed E-state index contributed by atoms with van der Waals surface area (Å²) < 4.78 is 27.3. The normalized spacial score (nSPS) is 11.9. The lowest BCUT2D eigenvalue weighted by Crippen LogP contribution is -2.25. The smallest absolute Gasteiger partial charge is 0.379 e. The van der Waals surface area contributed by atoms with Crippen molar-refractivity contribution >= 4 is 11.6 Å². The van der Waals surface area contributed by atoms with Gasteiger partial charge in [0.2, 0.25) is 0 Å². The first-order valence-electron chi connectivity index (χ1n) is 3.93. The van der Waals surface area contributed by atoms with Gasteiger partial charge in [-0.2, -0.15) is 8.78 Å². The molecule has 0 aliphatic carbocycles. The third-order valence-corrected chi connectivity index (χ3v) is 1.92. The fourth-order valence-corrected chi connectivity index (χ4v) is 1.14. The molecule has 0 amide bonds. The van der Waals surface area contributed by atoms with E-state index in [0.717, 1.165) is 12.3 Å². The maximum atomic E-state index is 13.1. The maximum Gasteiger partial charge on any atom is 0.379 e. The van der Waals surface area contributed by atoms with Gasteiger partial charge in [-0.1, -0.05) is 0 Å². The minimum Gasteiger partial charge on any atom is -0.477 e. The van der Waals surface area contributed by atoms with Crippen LogP contribution in [0.4, 0.5) is 8.78 Å². The summed E-state index contributed by atoms with van der Waals surface area (Å²) in [7, 11) is 0. The standard InChI is InChI=1S/C8H5F2N3O2/c9-8(10,7(14)15)5-1-2-6-12-11-4-13(6)3-5/h1-4H,(H,14,15). The molecule has 7 heteroatoms. The Morgan fingerprint density at radius 3 is 2.87 bits per heavy atom. The van der Waals surface area contributed by atoms with Crippen molar-refractivity contribution in [3.05, 3.63) is 30.2 Å². The molecule has 0 unspecified atom stereocenters. The number of alkyl halides is 2. The number of carboxylic acid groups (broad SMARTS) is 1. The number of nitrogens with zero attached hydrogens (tertiary/aromatic N) is 3. The van der Waals surface area contributed by atoms with Gasteiger partial charge < -0.3 is 5.11 Å². The molecule has 2 heterocycles. The molecule has 0 fully saturated rings. The molecule has 0 saturated heterocycles. The fourth-order valence-electron chi connectivity index (χ4n) is 1.14. The lowest BCUT2D eigenvalue weighted by Gasteiger charge is -2.10. The zero-order valence-electron chi connectivity index (χ0n) is 7.26. The minimum absolute atomic E-state index is 0.375. The Morgan fingerprint density at radius 1 is 1.47 bits per heavy atom. The molecule has 0 aliphatic heterocycles. The third-order valence-electron chi connectivity index (χ3n) is 1.92. The van der Waals surface area contributed by atoms with Crippen molar-refractivity contribution in [1.82, 2.24) is 14.6 Å². The van der Waals surface area contributed by atoms with Gasteiger partial charge in [0.1, 0.15) is 6.33 Å². The van der Waals surface area contributed by atoms with Crippen LogP contribution in [-0.4, -0.2) is 25.7 Å². The van der Waals surface area contributed by atoms with E-state index in [1.165, 1.54) is 16.8 Å². The van der Waals surface area contributed by atoms with E-state index in [0.29, 0.717) is 5.65 Å². The lowest BCUT2D eigenvalue weighted by molar-refractivity contribution is -0.166. The summed E-state index contributed by atoms with van der Waals surface area (Å²) in [6.07, 6.45) is 2.21. The SMILES string of the molecule is O=C(O)C(F)(F)c1ccc2nncn2c1. The second-order valence-electron chi connectivity index (χ2n) is 2.89. The second-order valence-corrected chi connectivity index (χ2v) is 2.89. The Labute approximate surface area is 82.0 Å². The number of aliphatic carboxylic acids is 1. The van der Waals surface area contributed by atoms with E-state index in [1.54, 1.807) is 0 Å². The van der Waals surface area contributed by atoms with Crippen LogP contribution in [0.25, 0.3) is 5.65 Å². The van der Waals surface area contributed by atoms with E-state index in [4.69, 9.17) is 5.11 Å². The molecule has 1 N–H and O–H groups in total. The molecule has 5 nitrogen and oxygen atoms in total. The number of fused-ring (bicyclic) bond motifs is 1. The first-order valence-corrected chi connectivity index (χ1v) is 3.93. The summed E-state index contributed by atoms with van der Waals surface area (Å²) in [5.74, 6) is -6.09. The lowest BCUT2D eigenvalue weighted by atomic mass is 10.1. The van der Waals surface area contributed by atoms with Crippen LogP contribution in [0.1, 0.15) is 5.56 Å². The molecule has 2 rings (SSSR count). The Balaban J connectivity index is 2.57.